The molecule has 0 aliphatic heterocycles. The molecule has 0 amide bonds. The van der Waals surface area contributed by atoms with Gasteiger partial charge in [0.05, 0.1) is 5.56 Å². The quantitative estimate of drug-likeness (QED) is 0.292. The molecule has 2 N–H and O–H groups in total. The van der Waals surface area contributed by atoms with E-state index in [2.05, 4.69) is 13.0 Å². The molecule has 0 aliphatic carbocycles. The van der Waals surface area contributed by atoms with Gasteiger partial charge in [0.15, 0.2) is 0 Å². The molecule has 1 aromatic heterocycles. The summed E-state index contributed by atoms with van der Waals surface area (Å²) in [6.45, 7) is 2.53. The maximum Gasteiger partial charge on any atom is 0.336 e. The van der Waals surface area contributed by atoms with Crippen LogP contribution in [-0.2, 0) is 13.0 Å². The lowest BCUT2D eigenvalue weighted by molar-refractivity contribution is 0.0697. The van der Waals surface area contributed by atoms with E-state index in [0.717, 1.165) is 29.8 Å². The van der Waals surface area contributed by atoms with Crippen molar-refractivity contribution < 1.29 is 15.0 Å². The molecule has 4 rings (SSSR count). The Morgan fingerprint density at radius 1 is 1.03 bits per heavy atom. The lowest BCUT2D eigenvalue weighted by Crippen LogP contribution is -2.08. The average molecular weight is 502 g/mol. The third-order valence-electron chi connectivity index (χ3n) is 6.07. The highest BCUT2D eigenvalue weighted by Gasteiger charge is 2.24. The van der Waals surface area contributed by atoms with E-state index in [1.165, 1.54) is 0 Å². The third-order valence-corrected chi connectivity index (χ3v) is 6.07. The molecule has 0 spiro atoms. The number of nitrogens with zero attached hydrogens (tertiary/aromatic N) is 3. The van der Waals surface area contributed by atoms with Crippen LogP contribution in [0.4, 0.5) is 0 Å². The zero-order valence-electron chi connectivity index (χ0n) is 20.0. The van der Waals surface area contributed by atoms with Crippen LogP contribution in [0.3, 0.4) is 0 Å². The van der Waals surface area contributed by atoms with Crippen LogP contribution in [0.5, 0.6) is 0 Å². The van der Waals surface area contributed by atoms with E-state index in [1.54, 1.807) is 18.2 Å². The standard InChI is InChI=1S/C29H27N3O3.ClH/c1-2-3-13-26-31-27(28(33)22-9-5-4-6-10-22)25(18-30)32(26)19-20-14-16-21(17-15-20)23-11-7-8-12-24(23)29(34)35;/h4-12,14-17,28,33H,2-3,13,19H2,1H3,(H,34,35);1H. The van der Waals surface area contributed by atoms with Crippen molar-refractivity contribution in [3.63, 3.8) is 0 Å². The second-order valence-electron chi connectivity index (χ2n) is 8.42. The molecule has 0 aliphatic rings. The number of aliphatic hydroxyl groups excluding tert-OH is 1. The first-order valence-corrected chi connectivity index (χ1v) is 11.7. The molecule has 0 saturated carbocycles. The number of carbonyl (C=O) groups is 1. The van der Waals surface area contributed by atoms with Gasteiger partial charge < -0.3 is 14.8 Å². The molecule has 0 saturated heterocycles. The minimum Gasteiger partial charge on any atom is -0.478 e. The van der Waals surface area contributed by atoms with Crippen LogP contribution >= 0.6 is 12.4 Å². The Morgan fingerprint density at radius 2 is 1.69 bits per heavy atom. The number of imidazole rings is 1. The number of benzene rings is 3. The predicted molar refractivity (Wildman–Crippen MR) is 141 cm³/mol. The van der Waals surface area contributed by atoms with E-state index in [9.17, 15) is 20.3 Å². The second-order valence-corrected chi connectivity index (χ2v) is 8.42. The van der Waals surface area contributed by atoms with E-state index in [-0.39, 0.29) is 18.0 Å². The van der Waals surface area contributed by atoms with Crippen molar-refractivity contribution in [3.8, 4) is 17.2 Å². The fourth-order valence-corrected chi connectivity index (χ4v) is 4.21. The number of rotatable bonds is 9. The zero-order chi connectivity index (χ0) is 24.8. The number of carboxylic acid groups (broad SMARTS) is 1. The summed E-state index contributed by atoms with van der Waals surface area (Å²) in [5.41, 5.74) is 4.09. The number of carboxylic acids is 1. The van der Waals surface area contributed by atoms with E-state index < -0.39 is 12.1 Å². The van der Waals surface area contributed by atoms with E-state index >= 15 is 0 Å². The number of unbranched alkanes of at least 4 members (excludes halogenated alkanes) is 1. The Bertz CT molecular complexity index is 1360. The van der Waals surface area contributed by atoms with Gasteiger partial charge in [-0.3, -0.25) is 0 Å². The van der Waals surface area contributed by atoms with Crippen molar-refractivity contribution in [2.24, 2.45) is 0 Å². The number of hydrogen-bond donors (Lipinski definition) is 2. The molecule has 36 heavy (non-hydrogen) atoms. The first kappa shape index (κ1) is 26.7. The summed E-state index contributed by atoms with van der Waals surface area (Å²) in [4.78, 5) is 16.3. The minimum atomic E-state index is -0.984. The molecule has 7 heteroatoms. The van der Waals surface area contributed by atoms with Gasteiger partial charge in [0.25, 0.3) is 0 Å². The maximum absolute atomic E-state index is 11.6. The van der Waals surface area contributed by atoms with Gasteiger partial charge in [-0.05, 0) is 34.7 Å². The largest absolute Gasteiger partial charge is 0.478 e. The predicted octanol–water partition coefficient (Wildman–Crippen LogP) is 6.01. The van der Waals surface area contributed by atoms with Crippen LogP contribution in [-0.4, -0.2) is 25.7 Å². The van der Waals surface area contributed by atoms with Gasteiger partial charge in [-0.2, -0.15) is 5.26 Å². The Hall–Kier alpha value is -3.92. The fraction of sp³-hybridized carbons (Fsp3) is 0.207. The summed E-state index contributed by atoms with van der Waals surface area (Å²) in [7, 11) is 0. The summed E-state index contributed by atoms with van der Waals surface area (Å²) < 4.78 is 1.89. The summed E-state index contributed by atoms with van der Waals surface area (Å²) >= 11 is 0. The zero-order valence-corrected chi connectivity index (χ0v) is 20.8. The van der Waals surface area contributed by atoms with Gasteiger partial charge in [0.2, 0.25) is 0 Å². The number of aromatic nitrogens is 2. The molecule has 0 fully saturated rings. The summed E-state index contributed by atoms with van der Waals surface area (Å²) in [5.74, 6) is -0.194. The first-order chi connectivity index (χ1) is 17.0. The van der Waals surface area contributed by atoms with Gasteiger partial charge in [-0.25, -0.2) is 9.78 Å². The van der Waals surface area contributed by atoms with Gasteiger partial charge in [-0.15, -0.1) is 12.4 Å². The molecule has 0 bridgehead atoms. The van der Waals surface area contributed by atoms with E-state index in [4.69, 9.17) is 4.98 Å². The molecule has 0 radical (unpaired) electrons. The SMILES string of the molecule is CCCCc1nc(C(O)c2ccccc2)c(C#N)n1Cc1ccc(-c2ccccc2C(=O)O)cc1.Cl. The summed E-state index contributed by atoms with van der Waals surface area (Å²) in [6, 6.07) is 26.1. The topological polar surface area (TPSA) is 99.1 Å². The van der Waals surface area contributed by atoms with Crippen molar-refractivity contribution in [2.45, 2.75) is 38.8 Å². The first-order valence-electron chi connectivity index (χ1n) is 11.7. The van der Waals surface area contributed by atoms with Crippen molar-refractivity contribution >= 4 is 18.4 Å². The highest BCUT2D eigenvalue weighted by atomic mass is 35.5. The normalized spacial score (nSPS) is 11.4. The number of aromatic carboxylic acids is 1. The van der Waals surface area contributed by atoms with Crippen LogP contribution in [0.2, 0.25) is 0 Å². The van der Waals surface area contributed by atoms with Gasteiger partial charge >= 0.3 is 5.97 Å². The van der Waals surface area contributed by atoms with Crippen LogP contribution in [0.1, 0.15) is 64.6 Å². The van der Waals surface area contributed by atoms with Crippen molar-refractivity contribution in [3.05, 3.63) is 113 Å². The van der Waals surface area contributed by atoms with Crippen LogP contribution in [0.25, 0.3) is 11.1 Å². The number of nitriles is 1. The Kier molecular flexibility index (Phi) is 9.02. The lowest BCUT2D eigenvalue weighted by Gasteiger charge is -2.12. The lowest BCUT2D eigenvalue weighted by atomic mass is 9.98. The van der Waals surface area contributed by atoms with E-state index in [0.29, 0.717) is 35.5 Å². The van der Waals surface area contributed by atoms with Gasteiger partial charge in [-0.1, -0.05) is 86.1 Å². The third kappa shape index (κ3) is 5.65. The molecule has 1 heterocycles. The second kappa shape index (κ2) is 12.2. The van der Waals surface area contributed by atoms with Gasteiger partial charge in [0.1, 0.15) is 29.4 Å². The fourth-order valence-electron chi connectivity index (χ4n) is 4.21. The smallest absolute Gasteiger partial charge is 0.336 e. The van der Waals surface area contributed by atoms with Crippen LogP contribution in [0.15, 0.2) is 78.9 Å². The molecular formula is C29H28ClN3O3. The molecule has 3 aromatic carbocycles. The Morgan fingerprint density at radius 3 is 2.33 bits per heavy atom. The molecule has 4 aromatic rings. The number of aryl methyl sites for hydroxylation is 1. The van der Waals surface area contributed by atoms with Crippen molar-refractivity contribution in [2.75, 3.05) is 0 Å². The molecular weight excluding hydrogens is 474 g/mol. The molecule has 1 unspecified atom stereocenters. The average Bonchev–Trinajstić information content (AvgIpc) is 3.24. The maximum atomic E-state index is 11.6. The summed E-state index contributed by atoms with van der Waals surface area (Å²) in [5, 5.41) is 30.5. The van der Waals surface area contributed by atoms with E-state index in [1.807, 2.05) is 65.2 Å². The van der Waals surface area contributed by atoms with Crippen molar-refractivity contribution in [1.29, 1.82) is 5.26 Å². The van der Waals surface area contributed by atoms with Crippen LogP contribution < -0.4 is 0 Å². The minimum absolute atomic E-state index is 0. The highest BCUT2D eigenvalue weighted by molar-refractivity contribution is 5.96. The number of aliphatic hydroxyl groups is 1. The highest BCUT2D eigenvalue weighted by Crippen LogP contribution is 2.28. The monoisotopic (exact) mass is 501 g/mol. The number of halogens is 1. The van der Waals surface area contributed by atoms with Gasteiger partial charge in [0, 0.05) is 13.0 Å². The Labute approximate surface area is 216 Å². The van der Waals surface area contributed by atoms with Crippen molar-refractivity contribution in [1.82, 2.24) is 9.55 Å². The molecule has 184 valence electrons. The van der Waals surface area contributed by atoms with Crippen LogP contribution in [0, 0.1) is 11.3 Å². The molecule has 6 nitrogen and oxygen atoms in total. The molecule has 1 atom stereocenters. The summed E-state index contributed by atoms with van der Waals surface area (Å²) in [6.07, 6.45) is 1.63. The number of hydrogen-bond acceptors (Lipinski definition) is 4. The Balaban J connectivity index is 0.00000361.